The Balaban J connectivity index is 1.63. The first-order valence-corrected chi connectivity index (χ1v) is 12.5. The molecule has 3 rings (SSSR count). The highest BCUT2D eigenvalue weighted by Crippen LogP contribution is 2.28. The lowest BCUT2D eigenvalue weighted by atomic mass is 10.1. The number of hydrogen-bond acceptors (Lipinski definition) is 6. The highest BCUT2D eigenvalue weighted by molar-refractivity contribution is 7.91. The van der Waals surface area contributed by atoms with Crippen LogP contribution in [-0.2, 0) is 27.5 Å². The predicted molar refractivity (Wildman–Crippen MR) is 129 cm³/mol. The molecule has 0 saturated carbocycles. The first kappa shape index (κ1) is 25.0. The van der Waals surface area contributed by atoms with E-state index in [-0.39, 0.29) is 59.3 Å². The van der Waals surface area contributed by atoms with Crippen molar-refractivity contribution in [3.63, 3.8) is 0 Å². The molecule has 0 aliphatic rings. The highest BCUT2D eigenvalue weighted by Gasteiger charge is 2.23. The number of sulfone groups is 1. The molecule has 7 nitrogen and oxygen atoms in total. The normalized spacial score (nSPS) is 11.2. The van der Waals surface area contributed by atoms with Gasteiger partial charge in [0.1, 0.15) is 5.78 Å². The molecule has 0 radical (unpaired) electrons. The third-order valence-electron chi connectivity index (χ3n) is 5.42. The van der Waals surface area contributed by atoms with Gasteiger partial charge in [0.05, 0.1) is 16.2 Å². The molecule has 3 N–H and O–H groups in total. The van der Waals surface area contributed by atoms with Crippen LogP contribution in [0.2, 0.25) is 0 Å². The van der Waals surface area contributed by atoms with Crippen LogP contribution in [0.25, 0.3) is 0 Å². The van der Waals surface area contributed by atoms with E-state index in [1.807, 2.05) is 31.2 Å². The molecule has 34 heavy (non-hydrogen) atoms. The molecule has 0 bridgehead atoms. The van der Waals surface area contributed by atoms with Gasteiger partial charge in [0.25, 0.3) is 5.91 Å². The number of rotatable bonds is 10. The van der Waals surface area contributed by atoms with E-state index < -0.39 is 15.7 Å². The average molecular weight is 482 g/mol. The van der Waals surface area contributed by atoms with E-state index in [0.29, 0.717) is 5.56 Å². The summed E-state index contributed by atoms with van der Waals surface area (Å²) < 4.78 is 25.9. The van der Waals surface area contributed by atoms with E-state index in [2.05, 4.69) is 5.32 Å². The molecule has 0 aromatic heterocycles. The lowest BCUT2D eigenvalue weighted by Crippen LogP contribution is -2.27. The van der Waals surface area contributed by atoms with Crippen molar-refractivity contribution in [2.24, 2.45) is 0 Å². The van der Waals surface area contributed by atoms with Gasteiger partial charge in [-0.05, 0) is 42.7 Å². The predicted octanol–water partition coefficient (Wildman–Crippen LogP) is 3.35. The van der Waals surface area contributed by atoms with Crippen LogP contribution >= 0.6 is 0 Å². The van der Waals surface area contributed by atoms with Crippen molar-refractivity contribution in [3.05, 3.63) is 89.0 Å². The van der Waals surface area contributed by atoms with Gasteiger partial charge in [0.15, 0.2) is 21.3 Å². The summed E-state index contributed by atoms with van der Waals surface area (Å²) >= 11 is 0. The van der Waals surface area contributed by atoms with Gasteiger partial charge in [-0.25, -0.2) is 8.42 Å². The summed E-state index contributed by atoms with van der Waals surface area (Å²) in [7, 11) is -3.87. The molecule has 0 fully saturated rings. The third kappa shape index (κ3) is 6.45. The number of benzene rings is 3. The fraction of sp³-hybridized carbons (Fsp3) is 0.231. The molecule has 0 saturated heterocycles. The molecule has 1 amide bonds. The van der Waals surface area contributed by atoms with Gasteiger partial charge in [-0.1, -0.05) is 54.1 Å². The smallest absolute Gasteiger partial charge is 0.252 e. The van der Waals surface area contributed by atoms with E-state index in [9.17, 15) is 28.2 Å². The van der Waals surface area contributed by atoms with Crippen LogP contribution in [0, 0.1) is 6.92 Å². The number of para-hydroxylation sites is 1. The summed E-state index contributed by atoms with van der Waals surface area (Å²) in [5, 5.41) is 22.1. The van der Waals surface area contributed by atoms with Gasteiger partial charge in [0.2, 0.25) is 0 Å². The number of phenolic OH excluding ortho intramolecular Hbond substituents is 2. The lowest BCUT2D eigenvalue weighted by Gasteiger charge is -2.12. The Labute approximate surface area is 199 Å². The lowest BCUT2D eigenvalue weighted by molar-refractivity contribution is -0.118. The van der Waals surface area contributed by atoms with Crippen LogP contribution in [0.4, 0.5) is 0 Å². The maximum Gasteiger partial charge on any atom is 0.252 e. The Kier molecular flexibility index (Phi) is 8.07. The van der Waals surface area contributed by atoms with Crippen LogP contribution < -0.4 is 5.32 Å². The summed E-state index contributed by atoms with van der Waals surface area (Å²) in [4.78, 5) is 24.9. The molecular weight excluding hydrogens is 454 g/mol. The summed E-state index contributed by atoms with van der Waals surface area (Å²) in [6.45, 7) is 2.07. The summed E-state index contributed by atoms with van der Waals surface area (Å²) in [6, 6.07) is 17.9. The van der Waals surface area contributed by atoms with E-state index in [1.54, 1.807) is 18.2 Å². The Bertz CT molecular complexity index is 1280. The Morgan fingerprint density at radius 1 is 0.912 bits per heavy atom. The minimum absolute atomic E-state index is 0.00591. The Morgan fingerprint density at radius 3 is 2.35 bits per heavy atom. The van der Waals surface area contributed by atoms with Crippen molar-refractivity contribution in [1.29, 1.82) is 0 Å². The number of nitrogens with one attached hydrogen (secondary N) is 1. The van der Waals surface area contributed by atoms with Gasteiger partial charge >= 0.3 is 0 Å². The molecule has 0 unspecified atom stereocenters. The summed E-state index contributed by atoms with van der Waals surface area (Å²) in [5.41, 5.74) is 2.35. The van der Waals surface area contributed by atoms with Crippen molar-refractivity contribution in [3.8, 4) is 11.5 Å². The second-order valence-electron chi connectivity index (χ2n) is 8.06. The van der Waals surface area contributed by atoms with Gasteiger partial charge < -0.3 is 15.5 Å². The number of carbonyl (C=O) groups excluding carboxylic acids is 2. The van der Waals surface area contributed by atoms with E-state index in [0.717, 1.165) is 11.1 Å². The minimum Gasteiger partial charge on any atom is -0.504 e. The number of ketones is 1. The third-order valence-corrected chi connectivity index (χ3v) is 7.18. The van der Waals surface area contributed by atoms with Crippen LogP contribution in [0.5, 0.6) is 11.5 Å². The van der Waals surface area contributed by atoms with Crippen molar-refractivity contribution in [2.75, 3.05) is 12.3 Å². The first-order valence-electron chi connectivity index (χ1n) is 10.8. The largest absolute Gasteiger partial charge is 0.504 e. The average Bonchev–Trinajstić information content (AvgIpc) is 2.82. The molecule has 3 aromatic carbocycles. The second kappa shape index (κ2) is 11.0. The van der Waals surface area contributed by atoms with Crippen molar-refractivity contribution < 1.29 is 28.2 Å². The van der Waals surface area contributed by atoms with Gasteiger partial charge in [0, 0.05) is 19.4 Å². The minimum atomic E-state index is -3.87. The first-order chi connectivity index (χ1) is 16.2. The Morgan fingerprint density at radius 2 is 1.62 bits per heavy atom. The Hall–Kier alpha value is -3.65. The zero-order chi connectivity index (χ0) is 24.7. The number of Topliss-reactive ketones (excluding diaryl/α,β-unsaturated/α-hetero) is 1. The van der Waals surface area contributed by atoms with Crippen LogP contribution in [0.3, 0.4) is 0 Å². The van der Waals surface area contributed by atoms with Gasteiger partial charge in [-0.2, -0.15) is 0 Å². The van der Waals surface area contributed by atoms with Crippen LogP contribution in [0.1, 0.15) is 33.5 Å². The summed E-state index contributed by atoms with van der Waals surface area (Å²) in [5.74, 6) is -1.67. The van der Waals surface area contributed by atoms with Crippen LogP contribution in [0.15, 0.2) is 71.6 Å². The van der Waals surface area contributed by atoms with Gasteiger partial charge in [-0.15, -0.1) is 0 Å². The number of carbonyl (C=O) groups is 2. The molecule has 0 atom stereocenters. The number of aryl methyl sites for hydroxylation is 1. The van der Waals surface area contributed by atoms with Crippen molar-refractivity contribution in [1.82, 2.24) is 5.32 Å². The maximum absolute atomic E-state index is 12.9. The van der Waals surface area contributed by atoms with Crippen molar-refractivity contribution in [2.45, 2.75) is 31.1 Å². The quantitative estimate of drug-likeness (QED) is 0.382. The molecule has 0 spiro atoms. The van der Waals surface area contributed by atoms with E-state index in [1.165, 1.54) is 24.3 Å². The van der Waals surface area contributed by atoms with Crippen molar-refractivity contribution >= 4 is 21.5 Å². The van der Waals surface area contributed by atoms with E-state index >= 15 is 0 Å². The van der Waals surface area contributed by atoms with Gasteiger partial charge in [-0.3, -0.25) is 9.59 Å². The highest BCUT2D eigenvalue weighted by atomic mass is 32.2. The topological polar surface area (TPSA) is 121 Å². The molecule has 178 valence electrons. The summed E-state index contributed by atoms with van der Waals surface area (Å²) in [6.07, 6.45) is 0.247. The standard InChI is InChI=1S/C26H27NO6S/c1-18-9-11-19(12-10-18)17-21(28)14-16-34(32,33)24-8-3-2-6-22(24)26(31)27-15-13-20-5-4-7-23(29)25(20)30/h2-12,29-30H,13-17H2,1H3,(H,27,31). The fourth-order valence-electron chi connectivity index (χ4n) is 3.49. The number of phenols is 2. The molecule has 0 heterocycles. The zero-order valence-electron chi connectivity index (χ0n) is 18.8. The van der Waals surface area contributed by atoms with Crippen LogP contribution in [-0.4, -0.2) is 42.6 Å². The maximum atomic E-state index is 12.9. The number of aromatic hydroxyl groups is 2. The monoisotopic (exact) mass is 481 g/mol. The molecule has 0 aliphatic carbocycles. The SMILES string of the molecule is Cc1ccc(CC(=O)CCS(=O)(=O)c2ccccc2C(=O)NCCc2cccc(O)c2O)cc1. The fourth-order valence-corrected chi connectivity index (χ4v) is 4.99. The molecule has 8 heteroatoms. The molecule has 0 aliphatic heterocycles. The number of hydrogen-bond donors (Lipinski definition) is 3. The van der Waals surface area contributed by atoms with E-state index in [4.69, 9.17) is 0 Å². The second-order valence-corrected chi connectivity index (χ2v) is 10.1. The molecular formula is C26H27NO6S. The number of amides is 1. The zero-order valence-corrected chi connectivity index (χ0v) is 19.6. The molecule has 3 aromatic rings.